The van der Waals surface area contributed by atoms with Crippen molar-refractivity contribution in [1.29, 1.82) is 0 Å². The van der Waals surface area contributed by atoms with E-state index < -0.39 is 0 Å². The highest BCUT2D eigenvalue weighted by atomic mass is 16.3. The Hall–Kier alpha value is -1.50. The van der Waals surface area contributed by atoms with Crippen LogP contribution in [-0.4, -0.2) is 0 Å². The normalized spacial score (nSPS) is 10.9. The van der Waals surface area contributed by atoms with Crippen LogP contribution in [0.4, 0.5) is 0 Å². The second-order valence-corrected chi connectivity index (χ2v) is 4.67. The molecule has 0 aliphatic heterocycles. The minimum Gasteiger partial charge on any atom is -0.461 e. The molecule has 2 aromatic rings. The average Bonchev–Trinajstić information content (AvgIpc) is 2.58. The molecule has 0 saturated carbocycles. The van der Waals surface area contributed by atoms with E-state index in [-0.39, 0.29) is 0 Å². The second-order valence-electron chi connectivity index (χ2n) is 4.67. The molecule has 0 N–H and O–H groups in total. The maximum Gasteiger partial charge on any atom is 0.134 e. The SMILES string of the molecule is C/C=C\C(C)C.Cc1ccc2cc(C)oc2c1. The first-order valence-corrected chi connectivity index (χ1v) is 6.12. The Bertz CT molecular complexity index is 489. The van der Waals surface area contributed by atoms with E-state index in [0.717, 1.165) is 17.3 Å². The Balaban J connectivity index is 0.000000209. The molecule has 0 aliphatic rings. The summed E-state index contributed by atoms with van der Waals surface area (Å²) >= 11 is 0. The van der Waals surface area contributed by atoms with Crippen LogP contribution in [0, 0.1) is 19.8 Å². The number of benzene rings is 1. The maximum absolute atomic E-state index is 5.45. The molecule has 92 valence electrons. The maximum atomic E-state index is 5.45. The third-order valence-electron chi connectivity index (χ3n) is 2.38. The zero-order chi connectivity index (χ0) is 12.8. The van der Waals surface area contributed by atoms with Crippen LogP contribution in [0.15, 0.2) is 40.8 Å². The quantitative estimate of drug-likeness (QED) is 0.608. The van der Waals surface area contributed by atoms with Gasteiger partial charge in [-0.05, 0) is 44.4 Å². The van der Waals surface area contributed by atoms with Gasteiger partial charge in [0.2, 0.25) is 0 Å². The summed E-state index contributed by atoms with van der Waals surface area (Å²) < 4.78 is 5.45. The molecule has 0 fully saturated rings. The predicted octanol–water partition coefficient (Wildman–Crippen LogP) is 5.27. The Morgan fingerprint density at radius 1 is 1.12 bits per heavy atom. The summed E-state index contributed by atoms with van der Waals surface area (Å²) in [6.45, 7) is 10.4. The van der Waals surface area contributed by atoms with Gasteiger partial charge in [-0.2, -0.15) is 0 Å². The zero-order valence-electron chi connectivity index (χ0n) is 11.4. The lowest BCUT2D eigenvalue weighted by Gasteiger charge is -1.89. The smallest absolute Gasteiger partial charge is 0.134 e. The molecule has 1 nitrogen and oxygen atoms in total. The predicted molar refractivity (Wildman–Crippen MR) is 75.3 cm³/mol. The van der Waals surface area contributed by atoms with E-state index in [9.17, 15) is 0 Å². The fraction of sp³-hybridized carbons (Fsp3) is 0.375. The van der Waals surface area contributed by atoms with E-state index in [1.54, 1.807) is 0 Å². The lowest BCUT2D eigenvalue weighted by atomic mass is 10.2. The van der Waals surface area contributed by atoms with Crippen LogP contribution in [0.3, 0.4) is 0 Å². The highest BCUT2D eigenvalue weighted by Gasteiger charge is 1.98. The second kappa shape index (κ2) is 6.29. The van der Waals surface area contributed by atoms with Crippen molar-refractivity contribution in [2.24, 2.45) is 5.92 Å². The van der Waals surface area contributed by atoms with E-state index in [4.69, 9.17) is 4.42 Å². The molecule has 0 spiro atoms. The molecule has 0 atom stereocenters. The molecule has 1 aromatic carbocycles. The van der Waals surface area contributed by atoms with E-state index in [1.807, 2.05) is 13.8 Å². The number of furan rings is 1. The van der Waals surface area contributed by atoms with E-state index >= 15 is 0 Å². The van der Waals surface area contributed by atoms with Crippen LogP contribution in [0.5, 0.6) is 0 Å². The molecule has 1 aromatic heterocycles. The van der Waals surface area contributed by atoms with Gasteiger partial charge in [-0.1, -0.05) is 38.1 Å². The van der Waals surface area contributed by atoms with Gasteiger partial charge >= 0.3 is 0 Å². The minimum absolute atomic E-state index is 0.718. The Labute approximate surface area is 104 Å². The first kappa shape index (κ1) is 13.6. The third-order valence-corrected chi connectivity index (χ3v) is 2.38. The molecule has 1 heterocycles. The van der Waals surface area contributed by atoms with Crippen molar-refractivity contribution in [1.82, 2.24) is 0 Å². The average molecular weight is 230 g/mol. The number of rotatable bonds is 1. The molecule has 0 saturated heterocycles. The molecule has 2 rings (SSSR count). The molecule has 1 heteroatoms. The number of hydrogen-bond acceptors (Lipinski definition) is 1. The van der Waals surface area contributed by atoms with Crippen molar-refractivity contribution >= 4 is 11.0 Å². The van der Waals surface area contributed by atoms with Crippen molar-refractivity contribution in [3.05, 3.63) is 47.7 Å². The van der Waals surface area contributed by atoms with Gasteiger partial charge in [0.15, 0.2) is 0 Å². The van der Waals surface area contributed by atoms with Crippen molar-refractivity contribution in [3.8, 4) is 0 Å². The summed E-state index contributed by atoms with van der Waals surface area (Å²) in [6.07, 6.45) is 4.24. The molecule has 0 radical (unpaired) electrons. The van der Waals surface area contributed by atoms with Crippen molar-refractivity contribution in [2.75, 3.05) is 0 Å². The minimum atomic E-state index is 0.718. The first-order valence-electron chi connectivity index (χ1n) is 6.12. The van der Waals surface area contributed by atoms with Gasteiger partial charge in [-0.25, -0.2) is 0 Å². The molecule has 0 amide bonds. The fourth-order valence-electron chi connectivity index (χ4n) is 1.66. The Morgan fingerprint density at radius 3 is 2.35 bits per heavy atom. The van der Waals surface area contributed by atoms with Crippen LogP contribution < -0.4 is 0 Å². The summed E-state index contributed by atoms with van der Waals surface area (Å²) in [4.78, 5) is 0. The first-order chi connectivity index (χ1) is 8.02. The lowest BCUT2D eigenvalue weighted by molar-refractivity contribution is 0.578. The largest absolute Gasteiger partial charge is 0.461 e. The standard InChI is InChI=1S/C10H10O.C6H12/c1-7-3-4-9-6-8(2)11-10(9)5-7;1-4-5-6(2)3/h3-6H,1-2H3;4-6H,1-3H3/b;5-4-. The molecular weight excluding hydrogens is 208 g/mol. The van der Waals surface area contributed by atoms with Crippen molar-refractivity contribution in [2.45, 2.75) is 34.6 Å². The molecule has 0 bridgehead atoms. The fourth-order valence-corrected chi connectivity index (χ4v) is 1.66. The van der Waals surface area contributed by atoms with Crippen molar-refractivity contribution in [3.63, 3.8) is 0 Å². The monoisotopic (exact) mass is 230 g/mol. The van der Waals surface area contributed by atoms with Crippen LogP contribution in [0.25, 0.3) is 11.0 Å². The number of fused-ring (bicyclic) bond motifs is 1. The van der Waals surface area contributed by atoms with Gasteiger partial charge in [0, 0.05) is 5.39 Å². The number of aryl methyl sites for hydroxylation is 2. The lowest BCUT2D eigenvalue weighted by Crippen LogP contribution is -1.73. The summed E-state index contributed by atoms with van der Waals surface area (Å²) in [7, 11) is 0. The van der Waals surface area contributed by atoms with Crippen LogP contribution >= 0.6 is 0 Å². The molecule has 0 aliphatic carbocycles. The van der Waals surface area contributed by atoms with E-state index in [0.29, 0.717) is 0 Å². The van der Waals surface area contributed by atoms with Gasteiger partial charge in [0.1, 0.15) is 11.3 Å². The molecule has 0 unspecified atom stereocenters. The number of hydrogen-bond donors (Lipinski definition) is 0. The topological polar surface area (TPSA) is 13.1 Å². The van der Waals surface area contributed by atoms with Gasteiger partial charge in [-0.3, -0.25) is 0 Å². The zero-order valence-corrected chi connectivity index (χ0v) is 11.4. The van der Waals surface area contributed by atoms with Gasteiger partial charge in [0.05, 0.1) is 0 Å². The van der Waals surface area contributed by atoms with Crippen LogP contribution in [-0.2, 0) is 0 Å². The van der Waals surface area contributed by atoms with Gasteiger partial charge in [0.25, 0.3) is 0 Å². The Kier molecular flexibility index (Phi) is 5.02. The van der Waals surface area contributed by atoms with E-state index in [1.165, 1.54) is 10.9 Å². The van der Waals surface area contributed by atoms with Crippen molar-refractivity contribution < 1.29 is 4.42 Å². The summed E-state index contributed by atoms with van der Waals surface area (Å²) in [5, 5.41) is 1.19. The van der Waals surface area contributed by atoms with Crippen LogP contribution in [0.1, 0.15) is 32.1 Å². The highest BCUT2D eigenvalue weighted by Crippen LogP contribution is 2.19. The number of allylic oxidation sites excluding steroid dienone is 2. The summed E-state index contributed by atoms with van der Waals surface area (Å²) in [5.74, 6) is 1.69. The van der Waals surface area contributed by atoms with Gasteiger partial charge < -0.3 is 4.42 Å². The third kappa shape index (κ3) is 4.48. The summed E-state index contributed by atoms with van der Waals surface area (Å²) in [6, 6.07) is 8.29. The van der Waals surface area contributed by atoms with Crippen LogP contribution in [0.2, 0.25) is 0 Å². The highest BCUT2D eigenvalue weighted by molar-refractivity contribution is 5.78. The molecular formula is C16H22O. The summed E-state index contributed by atoms with van der Waals surface area (Å²) in [5.41, 5.74) is 2.23. The Morgan fingerprint density at radius 2 is 1.82 bits per heavy atom. The van der Waals surface area contributed by atoms with Gasteiger partial charge in [-0.15, -0.1) is 0 Å². The van der Waals surface area contributed by atoms with E-state index in [2.05, 4.69) is 57.2 Å². The molecule has 17 heavy (non-hydrogen) atoms.